The molecular weight excluding hydrogens is 312 g/mol. The van der Waals surface area contributed by atoms with E-state index in [9.17, 15) is 22.4 Å². The monoisotopic (exact) mass is 332 g/mol. The topological polar surface area (TPSA) is 32.3 Å². The number of urea groups is 1. The van der Waals surface area contributed by atoms with Gasteiger partial charge in [0.1, 0.15) is 5.82 Å². The average molecular weight is 332 g/mol. The van der Waals surface area contributed by atoms with Crippen molar-refractivity contribution >= 4 is 6.03 Å². The molecule has 1 aromatic rings. The summed E-state index contributed by atoms with van der Waals surface area (Å²) >= 11 is 0. The fraction of sp³-hybridized carbons (Fsp3) is 0.562. The van der Waals surface area contributed by atoms with E-state index in [4.69, 9.17) is 0 Å². The first-order chi connectivity index (χ1) is 10.8. The van der Waals surface area contributed by atoms with Gasteiger partial charge in [0.15, 0.2) is 0 Å². The Kier molecular flexibility index (Phi) is 5.49. The Morgan fingerprint density at radius 2 is 1.91 bits per heavy atom. The van der Waals surface area contributed by atoms with Crippen LogP contribution >= 0.6 is 0 Å². The molecule has 3 nitrogen and oxygen atoms in total. The van der Waals surface area contributed by atoms with Crippen LogP contribution in [0.25, 0.3) is 0 Å². The molecule has 1 aromatic carbocycles. The minimum atomic E-state index is -4.20. The number of benzene rings is 1. The van der Waals surface area contributed by atoms with Crippen LogP contribution in [0.1, 0.15) is 31.2 Å². The first-order valence-electron chi connectivity index (χ1n) is 7.58. The van der Waals surface area contributed by atoms with Crippen LogP contribution in [0.4, 0.5) is 22.4 Å². The van der Waals surface area contributed by atoms with Crippen LogP contribution < -0.4 is 5.32 Å². The Bertz CT molecular complexity index is 530. The molecule has 0 saturated heterocycles. The van der Waals surface area contributed by atoms with E-state index >= 15 is 0 Å². The minimum absolute atomic E-state index is 0.0698. The van der Waals surface area contributed by atoms with Crippen LogP contribution in [0, 0.1) is 11.7 Å². The van der Waals surface area contributed by atoms with Gasteiger partial charge in [-0.3, -0.25) is 0 Å². The Balaban J connectivity index is 1.86. The lowest BCUT2D eigenvalue weighted by molar-refractivity contribution is -0.183. The summed E-state index contributed by atoms with van der Waals surface area (Å²) in [5, 5.41) is 2.67. The second kappa shape index (κ2) is 7.19. The fourth-order valence-corrected chi connectivity index (χ4v) is 2.84. The van der Waals surface area contributed by atoms with E-state index in [1.807, 2.05) is 0 Å². The van der Waals surface area contributed by atoms with Crippen LogP contribution in [0.2, 0.25) is 0 Å². The molecule has 2 amide bonds. The van der Waals surface area contributed by atoms with Gasteiger partial charge >= 0.3 is 12.2 Å². The molecule has 1 saturated carbocycles. The maximum Gasteiger partial charge on any atom is 0.391 e. The Morgan fingerprint density at radius 3 is 2.52 bits per heavy atom. The van der Waals surface area contributed by atoms with Gasteiger partial charge in [0.25, 0.3) is 0 Å². The largest absolute Gasteiger partial charge is 0.391 e. The van der Waals surface area contributed by atoms with E-state index in [2.05, 4.69) is 5.32 Å². The van der Waals surface area contributed by atoms with Crippen molar-refractivity contribution in [1.82, 2.24) is 10.2 Å². The quantitative estimate of drug-likeness (QED) is 0.831. The maximum absolute atomic E-state index is 12.8. The van der Waals surface area contributed by atoms with Gasteiger partial charge in [0.05, 0.1) is 5.92 Å². The number of hydrogen-bond acceptors (Lipinski definition) is 1. The maximum atomic E-state index is 12.8. The number of amides is 2. The molecule has 1 fully saturated rings. The zero-order valence-electron chi connectivity index (χ0n) is 12.9. The molecule has 0 heterocycles. The van der Waals surface area contributed by atoms with Crippen molar-refractivity contribution in [1.29, 1.82) is 0 Å². The summed E-state index contributed by atoms with van der Waals surface area (Å²) in [5.74, 6) is -1.70. The van der Waals surface area contributed by atoms with Crippen LogP contribution in [0.5, 0.6) is 0 Å². The lowest BCUT2D eigenvalue weighted by Gasteiger charge is -2.32. The molecule has 0 unspecified atom stereocenters. The van der Waals surface area contributed by atoms with Crippen molar-refractivity contribution in [2.75, 3.05) is 7.05 Å². The normalized spacial score (nSPS) is 21.8. The molecule has 0 aromatic heterocycles. The molecule has 0 aliphatic heterocycles. The lowest BCUT2D eigenvalue weighted by atomic mass is 9.85. The van der Waals surface area contributed by atoms with Crippen molar-refractivity contribution in [3.8, 4) is 0 Å². The van der Waals surface area contributed by atoms with E-state index in [0.717, 1.165) is 5.56 Å². The van der Waals surface area contributed by atoms with Crippen molar-refractivity contribution < 1.29 is 22.4 Å². The zero-order valence-corrected chi connectivity index (χ0v) is 12.9. The first kappa shape index (κ1) is 17.6. The number of rotatable bonds is 3. The van der Waals surface area contributed by atoms with E-state index in [0.29, 0.717) is 12.8 Å². The molecule has 1 aliphatic carbocycles. The van der Waals surface area contributed by atoms with E-state index in [1.165, 1.54) is 17.0 Å². The smallest absolute Gasteiger partial charge is 0.335 e. The minimum Gasteiger partial charge on any atom is -0.335 e. The summed E-state index contributed by atoms with van der Waals surface area (Å²) in [5.41, 5.74) is 0.751. The molecule has 1 N–H and O–H groups in total. The Hall–Kier alpha value is -1.79. The molecule has 0 bridgehead atoms. The third kappa shape index (κ3) is 5.11. The van der Waals surface area contributed by atoms with Gasteiger partial charge in [-0.15, -0.1) is 0 Å². The predicted molar refractivity (Wildman–Crippen MR) is 78.2 cm³/mol. The van der Waals surface area contributed by atoms with Crippen LogP contribution in [0.3, 0.4) is 0 Å². The van der Waals surface area contributed by atoms with Crippen LogP contribution in [0.15, 0.2) is 24.3 Å². The second-order valence-electron chi connectivity index (χ2n) is 6.03. The summed E-state index contributed by atoms with van der Waals surface area (Å²) in [4.78, 5) is 13.5. The van der Waals surface area contributed by atoms with Gasteiger partial charge in [-0.1, -0.05) is 18.6 Å². The lowest BCUT2D eigenvalue weighted by Crippen LogP contribution is -2.46. The predicted octanol–water partition coefficient (Wildman–Crippen LogP) is 4.09. The van der Waals surface area contributed by atoms with E-state index in [1.54, 1.807) is 19.2 Å². The highest BCUT2D eigenvalue weighted by molar-refractivity contribution is 5.74. The molecule has 0 radical (unpaired) electrons. The zero-order chi connectivity index (χ0) is 17.0. The van der Waals surface area contributed by atoms with Crippen molar-refractivity contribution in [2.24, 2.45) is 5.92 Å². The van der Waals surface area contributed by atoms with Gasteiger partial charge < -0.3 is 10.2 Å². The number of nitrogens with zero attached hydrogens (tertiary/aromatic N) is 1. The molecule has 23 heavy (non-hydrogen) atoms. The van der Waals surface area contributed by atoms with Gasteiger partial charge in [-0.2, -0.15) is 13.2 Å². The van der Waals surface area contributed by atoms with Crippen LogP contribution in [-0.4, -0.2) is 30.2 Å². The molecule has 128 valence electrons. The molecule has 7 heteroatoms. The first-order valence-corrected chi connectivity index (χ1v) is 7.58. The summed E-state index contributed by atoms with van der Waals surface area (Å²) in [7, 11) is 1.56. The third-order valence-corrected chi connectivity index (χ3v) is 4.14. The second-order valence-corrected chi connectivity index (χ2v) is 6.03. The van der Waals surface area contributed by atoms with Gasteiger partial charge in [-0.05, 0) is 37.0 Å². The SMILES string of the molecule is CN(Cc1ccc(F)cc1)C(=O)N[C@H]1CCC[C@@H](C(F)(F)F)C1. The highest BCUT2D eigenvalue weighted by atomic mass is 19.4. The van der Waals surface area contributed by atoms with Crippen molar-refractivity contribution in [2.45, 2.75) is 44.4 Å². The molecule has 2 atom stereocenters. The Labute approximate surface area is 132 Å². The summed E-state index contributed by atoms with van der Waals surface area (Å²) in [6.45, 7) is 0.265. The highest BCUT2D eigenvalue weighted by Gasteiger charge is 2.42. The summed E-state index contributed by atoms with van der Waals surface area (Å²) < 4.78 is 51.2. The molecule has 0 spiro atoms. The number of halogens is 4. The highest BCUT2D eigenvalue weighted by Crippen LogP contribution is 2.37. The average Bonchev–Trinajstić information content (AvgIpc) is 2.49. The van der Waals surface area contributed by atoms with E-state index in [-0.39, 0.29) is 25.2 Å². The number of hydrogen-bond donors (Lipinski definition) is 1. The van der Waals surface area contributed by atoms with Crippen LogP contribution in [-0.2, 0) is 6.54 Å². The van der Waals surface area contributed by atoms with Crippen molar-refractivity contribution in [3.63, 3.8) is 0 Å². The third-order valence-electron chi connectivity index (χ3n) is 4.14. The summed E-state index contributed by atoms with van der Waals surface area (Å²) in [6.07, 6.45) is -3.14. The van der Waals surface area contributed by atoms with E-state index < -0.39 is 24.2 Å². The number of carbonyl (C=O) groups excluding carboxylic acids is 1. The van der Waals surface area contributed by atoms with Gasteiger partial charge in [0.2, 0.25) is 0 Å². The summed E-state index contributed by atoms with van der Waals surface area (Å²) in [6, 6.07) is 4.87. The molecular formula is C16H20F4N2O. The van der Waals surface area contributed by atoms with Crippen molar-refractivity contribution in [3.05, 3.63) is 35.6 Å². The number of carbonyl (C=O) groups is 1. The number of alkyl halides is 3. The Morgan fingerprint density at radius 1 is 1.26 bits per heavy atom. The standard InChI is InChI=1S/C16H20F4N2O/c1-22(10-11-5-7-13(17)8-6-11)15(23)21-14-4-2-3-12(9-14)16(18,19)20/h5-8,12,14H,2-4,9-10H2,1H3,(H,21,23)/t12-,14+/m1/s1. The van der Waals surface area contributed by atoms with Gasteiger partial charge in [0, 0.05) is 19.6 Å². The number of nitrogens with one attached hydrogen (secondary N) is 1. The fourth-order valence-electron chi connectivity index (χ4n) is 2.84. The van der Waals surface area contributed by atoms with Gasteiger partial charge in [-0.25, -0.2) is 9.18 Å². The molecule has 1 aliphatic rings. The molecule has 2 rings (SSSR count).